The number of aliphatic imine (C=N–C) groups is 1. The van der Waals surface area contributed by atoms with Crippen molar-refractivity contribution >= 4 is 5.96 Å². The molecule has 1 aliphatic carbocycles. The predicted molar refractivity (Wildman–Crippen MR) is 108 cm³/mol. The van der Waals surface area contributed by atoms with Gasteiger partial charge >= 0.3 is 0 Å². The van der Waals surface area contributed by atoms with Crippen molar-refractivity contribution in [3.8, 4) is 5.75 Å². The number of piperidine rings is 1. The van der Waals surface area contributed by atoms with Crippen LogP contribution in [0.15, 0.2) is 29.3 Å². The quantitative estimate of drug-likeness (QED) is 0.559. The van der Waals surface area contributed by atoms with Crippen LogP contribution in [0.5, 0.6) is 5.75 Å². The molecule has 0 radical (unpaired) electrons. The summed E-state index contributed by atoms with van der Waals surface area (Å²) in [5, 5.41) is 16.6. The van der Waals surface area contributed by atoms with Crippen molar-refractivity contribution in [2.75, 3.05) is 19.6 Å². The van der Waals surface area contributed by atoms with Crippen LogP contribution in [0.4, 0.5) is 0 Å². The maximum atomic E-state index is 9.61. The lowest BCUT2D eigenvalue weighted by Gasteiger charge is -2.40. The number of aromatic hydroxyl groups is 1. The summed E-state index contributed by atoms with van der Waals surface area (Å²) in [5.74, 6) is 1.18. The molecule has 1 aliphatic heterocycles. The monoisotopic (exact) mass is 358 g/mol. The van der Waals surface area contributed by atoms with Crippen LogP contribution in [0.25, 0.3) is 0 Å². The average molecular weight is 359 g/mol. The molecule has 26 heavy (non-hydrogen) atoms. The maximum absolute atomic E-state index is 9.61. The van der Waals surface area contributed by atoms with E-state index in [0.717, 1.165) is 30.7 Å². The van der Waals surface area contributed by atoms with Gasteiger partial charge < -0.3 is 15.7 Å². The molecule has 3 rings (SSSR count). The molecular weight excluding hydrogens is 324 g/mol. The van der Waals surface area contributed by atoms with Crippen LogP contribution in [-0.4, -0.2) is 47.7 Å². The molecule has 1 saturated carbocycles. The molecule has 5 nitrogen and oxygen atoms in total. The van der Waals surface area contributed by atoms with Gasteiger partial charge in [0, 0.05) is 25.2 Å². The van der Waals surface area contributed by atoms with Crippen LogP contribution in [0.1, 0.15) is 57.4 Å². The summed E-state index contributed by atoms with van der Waals surface area (Å²) < 4.78 is 0. The van der Waals surface area contributed by atoms with Crippen LogP contribution in [0, 0.1) is 0 Å². The van der Waals surface area contributed by atoms with Crippen LogP contribution < -0.4 is 10.6 Å². The number of nitrogens with zero attached hydrogens (tertiary/aromatic N) is 2. The van der Waals surface area contributed by atoms with Gasteiger partial charge in [0.2, 0.25) is 0 Å². The Labute approximate surface area is 157 Å². The second kappa shape index (κ2) is 9.81. The fraction of sp³-hybridized carbons (Fsp3) is 0.667. The van der Waals surface area contributed by atoms with Crippen molar-refractivity contribution in [2.24, 2.45) is 4.99 Å². The highest BCUT2D eigenvalue weighted by Gasteiger charge is 2.27. The summed E-state index contributed by atoms with van der Waals surface area (Å²) in [6.07, 6.45) is 9.43. The maximum Gasteiger partial charge on any atom is 0.191 e. The first kappa shape index (κ1) is 19.0. The van der Waals surface area contributed by atoms with Crippen molar-refractivity contribution in [3.05, 3.63) is 29.8 Å². The highest BCUT2D eigenvalue weighted by atomic mass is 16.3. The van der Waals surface area contributed by atoms with Gasteiger partial charge in [0.1, 0.15) is 5.75 Å². The van der Waals surface area contributed by atoms with Gasteiger partial charge in [-0.25, -0.2) is 4.99 Å². The Morgan fingerprint density at radius 1 is 1.19 bits per heavy atom. The van der Waals surface area contributed by atoms with E-state index in [1.807, 2.05) is 12.1 Å². The van der Waals surface area contributed by atoms with Crippen molar-refractivity contribution < 1.29 is 5.11 Å². The van der Waals surface area contributed by atoms with Crippen molar-refractivity contribution in [1.82, 2.24) is 15.5 Å². The smallest absolute Gasteiger partial charge is 0.191 e. The summed E-state index contributed by atoms with van der Waals surface area (Å²) >= 11 is 0. The van der Waals surface area contributed by atoms with Crippen molar-refractivity contribution in [3.63, 3.8) is 0 Å². The van der Waals surface area contributed by atoms with Gasteiger partial charge in [-0.15, -0.1) is 0 Å². The molecule has 0 aromatic heterocycles. The molecule has 2 aliphatic rings. The number of benzene rings is 1. The Kier molecular flexibility index (Phi) is 7.18. The summed E-state index contributed by atoms with van der Waals surface area (Å²) in [5.41, 5.74) is 1.02. The molecule has 1 atom stereocenters. The third-order valence-electron chi connectivity index (χ3n) is 5.56. The van der Waals surface area contributed by atoms with E-state index >= 15 is 0 Å². The third kappa shape index (κ3) is 5.63. The lowest BCUT2D eigenvalue weighted by molar-refractivity contribution is 0.115. The molecular formula is C21H34N4O. The van der Waals surface area contributed by atoms with E-state index < -0.39 is 0 Å². The van der Waals surface area contributed by atoms with E-state index in [0.29, 0.717) is 18.3 Å². The Morgan fingerprint density at radius 2 is 2.04 bits per heavy atom. The lowest BCUT2D eigenvalue weighted by atomic mass is 9.92. The third-order valence-corrected chi connectivity index (χ3v) is 5.56. The van der Waals surface area contributed by atoms with Gasteiger partial charge in [0.25, 0.3) is 0 Å². The molecule has 0 bridgehead atoms. The zero-order chi connectivity index (χ0) is 18.2. The van der Waals surface area contributed by atoms with Crippen LogP contribution in [0.2, 0.25) is 0 Å². The van der Waals surface area contributed by atoms with Crippen LogP contribution in [0.3, 0.4) is 0 Å². The van der Waals surface area contributed by atoms with E-state index in [1.165, 1.54) is 51.5 Å². The largest absolute Gasteiger partial charge is 0.508 e. The second-order valence-electron chi connectivity index (χ2n) is 7.64. The molecule has 1 saturated heterocycles. The Hall–Kier alpha value is -1.75. The molecule has 1 heterocycles. The number of likely N-dealkylation sites (tertiary alicyclic amines) is 1. The van der Waals surface area contributed by atoms with Gasteiger partial charge in [-0.05, 0) is 56.8 Å². The molecule has 2 fully saturated rings. The van der Waals surface area contributed by atoms with Gasteiger partial charge in [-0.3, -0.25) is 4.90 Å². The molecule has 1 aromatic carbocycles. The molecule has 3 N–H and O–H groups in total. The molecule has 0 amide bonds. The fourth-order valence-electron chi connectivity index (χ4n) is 4.24. The summed E-state index contributed by atoms with van der Waals surface area (Å²) in [6, 6.07) is 8.59. The first-order valence-electron chi connectivity index (χ1n) is 10.3. The number of phenolic OH excluding ortho intramolecular Hbond substituents is 1. The summed E-state index contributed by atoms with van der Waals surface area (Å²) in [4.78, 5) is 7.43. The van der Waals surface area contributed by atoms with Gasteiger partial charge in [-0.1, -0.05) is 31.4 Å². The fourth-order valence-corrected chi connectivity index (χ4v) is 4.24. The number of nitrogens with one attached hydrogen (secondary N) is 2. The molecule has 1 unspecified atom stereocenters. The standard InChI is InChI=1S/C21H34N4O/c1-2-22-21(23-15-17-8-6-12-20(26)14-17)24-18-9-7-13-25(16-18)19-10-4-3-5-11-19/h6,8,12,14,18-19,26H,2-5,7,9-11,13,15-16H2,1H3,(H2,22,23,24). The predicted octanol–water partition coefficient (Wildman–Crippen LogP) is 3.24. The van der Waals surface area contributed by atoms with Crippen LogP contribution >= 0.6 is 0 Å². The summed E-state index contributed by atoms with van der Waals surface area (Å²) in [7, 11) is 0. The second-order valence-corrected chi connectivity index (χ2v) is 7.64. The van der Waals surface area contributed by atoms with Crippen molar-refractivity contribution in [1.29, 1.82) is 0 Å². The Morgan fingerprint density at radius 3 is 2.81 bits per heavy atom. The normalized spacial score (nSPS) is 23.0. The average Bonchev–Trinajstić information content (AvgIpc) is 2.67. The minimum Gasteiger partial charge on any atom is -0.508 e. The number of guanidine groups is 1. The zero-order valence-electron chi connectivity index (χ0n) is 16.1. The zero-order valence-corrected chi connectivity index (χ0v) is 16.1. The molecule has 1 aromatic rings. The Bertz CT molecular complexity index is 583. The van der Waals surface area contributed by atoms with Crippen molar-refractivity contribution in [2.45, 2.75) is 70.5 Å². The number of rotatable bonds is 5. The molecule has 144 valence electrons. The van der Waals surface area contributed by atoms with Gasteiger partial charge in [-0.2, -0.15) is 0 Å². The first-order valence-corrected chi connectivity index (χ1v) is 10.3. The highest BCUT2D eigenvalue weighted by molar-refractivity contribution is 5.80. The SMILES string of the molecule is CCNC(=NCc1cccc(O)c1)NC1CCCN(C2CCCCC2)C1. The minimum atomic E-state index is 0.297. The number of hydrogen-bond donors (Lipinski definition) is 3. The Balaban J connectivity index is 1.56. The van der Waals surface area contributed by atoms with Gasteiger partial charge in [0.15, 0.2) is 5.96 Å². The topological polar surface area (TPSA) is 59.9 Å². The number of phenols is 1. The first-order chi connectivity index (χ1) is 12.7. The number of hydrogen-bond acceptors (Lipinski definition) is 3. The van der Waals surface area contributed by atoms with E-state index in [9.17, 15) is 5.11 Å². The van der Waals surface area contributed by atoms with E-state index in [2.05, 4.69) is 22.5 Å². The van der Waals surface area contributed by atoms with Crippen LogP contribution in [-0.2, 0) is 6.54 Å². The van der Waals surface area contributed by atoms with Gasteiger partial charge in [0.05, 0.1) is 6.54 Å². The molecule has 5 heteroatoms. The molecule has 0 spiro atoms. The lowest BCUT2D eigenvalue weighted by Crippen LogP contribution is -2.53. The van der Waals surface area contributed by atoms with E-state index in [-0.39, 0.29) is 0 Å². The highest BCUT2D eigenvalue weighted by Crippen LogP contribution is 2.25. The minimum absolute atomic E-state index is 0.297. The summed E-state index contributed by atoms with van der Waals surface area (Å²) in [6.45, 7) is 5.90. The van der Waals surface area contributed by atoms with E-state index in [1.54, 1.807) is 12.1 Å². The van der Waals surface area contributed by atoms with E-state index in [4.69, 9.17) is 4.99 Å².